The van der Waals surface area contributed by atoms with Gasteiger partial charge in [0.2, 0.25) is 0 Å². The molecule has 1 unspecified atom stereocenters. The van der Waals surface area contributed by atoms with Gasteiger partial charge in [0.15, 0.2) is 5.60 Å². The van der Waals surface area contributed by atoms with Crippen molar-refractivity contribution in [3.05, 3.63) is 77.9 Å². The zero-order valence-corrected chi connectivity index (χ0v) is 13.3. The molecule has 0 spiro atoms. The van der Waals surface area contributed by atoms with Gasteiger partial charge in [-0.1, -0.05) is 48.5 Å². The minimum absolute atomic E-state index is 0.283. The van der Waals surface area contributed by atoms with Crippen LogP contribution in [-0.2, 0) is 17.0 Å². The molecule has 3 aromatic rings. The van der Waals surface area contributed by atoms with Crippen LogP contribution in [0.25, 0.3) is 10.8 Å². The Labute approximate surface area is 139 Å². The Hall–Kier alpha value is -2.85. The van der Waals surface area contributed by atoms with Gasteiger partial charge in [0.1, 0.15) is 12.4 Å². The molecule has 0 amide bonds. The predicted molar refractivity (Wildman–Crippen MR) is 91.9 cm³/mol. The van der Waals surface area contributed by atoms with E-state index in [-0.39, 0.29) is 5.56 Å². The summed E-state index contributed by atoms with van der Waals surface area (Å²) in [7, 11) is 0. The third-order valence-corrected chi connectivity index (χ3v) is 4.03. The summed E-state index contributed by atoms with van der Waals surface area (Å²) in [6.45, 7) is 1.61. The number of aliphatic hydroxyl groups is 1. The molecule has 0 heterocycles. The molecule has 3 aromatic carbocycles. The Balaban J connectivity index is 1.77. The standard InChI is InChI=1S/C20H18O4/c1-20(23,19(21)22)17-7-4-8-18(12-17)24-13-14-9-10-15-5-2-3-6-16(15)11-14/h2-12,23H,13H2,1H3,(H,21,22). The van der Waals surface area contributed by atoms with Crippen molar-refractivity contribution >= 4 is 16.7 Å². The summed E-state index contributed by atoms with van der Waals surface area (Å²) in [5.41, 5.74) is -0.641. The highest BCUT2D eigenvalue weighted by Gasteiger charge is 2.32. The Morgan fingerprint density at radius 2 is 1.75 bits per heavy atom. The lowest BCUT2D eigenvalue weighted by Gasteiger charge is -2.19. The van der Waals surface area contributed by atoms with E-state index < -0.39 is 11.6 Å². The fourth-order valence-electron chi connectivity index (χ4n) is 2.51. The number of carbonyl (C=O) groups is 1. The van der Waals surface area contributed by atoms with Gasteiger partial charge in [-0.3, -0.25) is 0 Å². The Morgan fingerprint density at radius 1 is 1.00 bits per heavy atom. The van der Waals surface area contributed by atoms with Crippen LogP contribution in [0.1, 0.15) is 18.1 Å². The second-order valence-corrected chi connectivity index (χ2v) is 5.88. The summed E-state index contributed by atoms with van der Waals surface area (Å²) >= 11 is 0. The van der Waals surface area contributed by atoms with Crippen LogP contribution in [0.3, 0.4) is 0 Å². The zero-order chi connectivity index (χ0) is 17.2. The largest absolute Gasteiger partial charge is 0.489 e. The number of benzene rings is 3. The highest BCUT2D eigenvalue weighted by Crippen LogP contribution is 2.25. The lowest BCUT2D eigenvalue weighted by Crippen LogP contribution is -2.31. The van der Waals surface area contributed by atoms with Crippen LogP contribution < -0.4 is 4.74 Å². The van der Waals surface area contributed by atoms with Crippen molar-refractivity contribution in [3.8, 4) is 5.75 Å². The molecule has 122 valence electrons. The monoisotopic (exact) mass is 322 g/mol. The third-order valence-electron chi connectivity index (χ3n) is 4.03. The van der Waals surface area contributed by atoms with Crippen LogP contribution >= 0.6 is 0 Å². The van der Waals surface area contributed by atoms with E-state index in [0.29, 0.717) is 12.4 Å². The average Bonchev–Trinajstić information content (AvgIpc) is 2.60. The molecular weight excluding hydrogens is 304 g/mol. The predicted octanol–water partition coefficient (Wildman–Crippen LogP) is 3.71. The quantitative estimate of drug-likeness (QED) is 0.751. The summed E-state index contributed by atoms with van der Waals surface area (Å²) in [4.78, 5) is 11.1. The first-order chi connectivity index (χ1) is 11.5. The van der Waals surface area contributed by atoms with Gasteiger partial charge < -0.3 is 14.9 Å². The van der Waals surface area contributed by atoms with Crippen molar-refractivity contribution in [1.29, 1.82) is 0 Å². The van der Waals surface area contributed by atoms with Crippen molar-refractivity contribution in [2.75, 3.05) is 0 Å². The molecule has 0 bridgehead atoms. The van der Waals surface area contributed by atoms with Crippen LogP contribution in [0.5, 0.6) is 5.75 Å². The number of fused-ring (bicyclic) bond motifs is 1. The lowest BCUT2D eigenvalue weighted by molar-refractivity contribution is -0.157. The van der Waals surface area contributed by atoms with Gasteiger partial charge in [-0.05, 0) is 47.0 Å². The number of carboxylic acid groups (broad SMARTS) is 1. The Morgan fingerprint density at radius 3 is 2.50 bits per heavy atom. The highest BCUT2D eigenvalue weighted by atomic mass is 16.5. The fourth-order valence-corrected chi connectivity index (χ4v) is 2.51. The van der Waals surface area contributed by atoms with Crippen LogP contribution in [0, 0.1) is 0 Å². The smallest absolute Gasteiger partial charge is 0.340 e. The summed E-state index contributed by atoms with van der Waals surface area (Å²) in [6.07, 6.45) is 0. The van der Waals surface area contributed by atoms with E-state index in [1.54, 1.807) is 24.3 Å². The normalized spacial score (nSPS) is 13.4. The molecule has 0 aromatic heterocycles. The van der Waals surface area contributed by atoms with E-state index in [2.05, 4.69) is 12.1 Å². The van der Waals surface area contributed by atoms with Gasteiger partial charge in [-0.2, -0.15) is 0 Å². The number of carboxylic acids is 1. The topological polar surface area (TPSA) is 66.8 Å². The summed E-state index contributed by atoms with van der Waals surface area (Å²) in [5, 5.41) is 21.4. The van der Waals surface area contributed by atoms with E-state index >= 15 is 0 Å². The van der Waals surface area contributed by atoms with Gasteiger partial charge in [0, 0.05) is 0 Å². The Kier molecular flexibility index (Phi) is 4.23. The minimum Gasteiger partial charge on any atom is -0.489 e. The molecule has 4 nitrogen and oxygen atoms in total. The maximum Gasteiger partial charge on any atom is 0.340 e. The third kappa shape index (κ3) is 3.24. The molecule has 1 atom stereocenters. The number of hydrogen-bond acceptors (Lipinski definition) is 3. The molecule has 3 rings (SSSR count). The first kappa shape index (κ1) is 16.0. The molecule has 0 aliphatic heterocycles. The average molecular weight is 322 g/mol. The van der Waals surface area contributed by atoms with Crippen LogP contribution in [0.2, 0.25) is 0 Å². The number of rotatable bonds is 5. The number of ether oxygens (including phenoxy) is 1. The van der Waals surface area contributed by atoms with Crippen molar-refractivity contribution in [2.45, 2.75) is 19.1 Å². The molecule has 0 saturated heterocycles. The number of aliphatic carboxylic acids is 1. The molecule has 0 fully saturated rings. The van der Waals surface area contributed by atoms with Crippen molar-refractivity contribution in [3.63, 3.8) is 0 Å². The van der Waals surface area contributed by atoms with Gasteiger partial charge in [0.05, 0.1) is 0 Å². The van der Waals surface area contributed by atoms with Crippen molar-refractivity contribution in [2.24, 2.45) is 0 Å². The summed E-state index contributed by atoms with van der Waals surface area (Å²) < 4.78 is 5.75. The molecule has 0 radical (unpaired) electrons. The molecule has 0 aliphatic carbocycles. The SMILES string of the molecule is CC(O)(C(=O)O)c1cccc(OCc2ccc3ccccc3c2)c1. The Bertz CT molecular complexity index is 883. The summed E-state index contributed by atoms with van der Waals surface area (Å²) in [5.74, 6) is -0.781. The molecule has 0 saturated carbocycles. The van der Waals surface area contributed by atoms with Crippen LogP contribution in [0.4, 0.5) is 0 Å². The highest BCUT2D eigenvalue weighted by molar-refractivity contribution is 5.83. The van der Waals surface area contributed by atoms with Crippen LogP contribution in [-0.4, -0.2) is 16.2 Å². The first-order valence-corrected chi connectivity index (χ1v) is 7.63. The minimum atomic E-state index is -1.94. The summed E-state index contributed by atoms with van der Waals surface area (Å²) in [6, 6.07) is 20.7. The van der Waals surface area contributed by atoms with Gasteiger partial charge >= 0.3 is 5.97 Å². The zero-order valence-electron chi connectivity index (χ0n) is 13.3. The molecular formula is C20H18O4. The van der Waals surface area contributed by atoms with Gasteiger partial charge in [-0.25, -0.2) is 4.79 Å². The molecule has 4 heteroatoms. The van der Waals surface area contributed by atoms with E-state index in [1.807, 2.05) is 30.3 Å². The first-order valence-electron chi connectivity index (χ1n) is 7.63. The van der Waals surface area contributed by atoms with E-state index in [9.17, 15) is 9.90 Å². The lowest BCUT2D eigenvalue weighted by atomic mass is 9.96. The molecule has 2 N–H and O–H groups in total. The maximum absolute atomic E-state index is 11.1. The van der Waals surface area contributed by atoms with Gasteiger partial charge in [0.25, 0.3) is 0 Å². The van der Waals surface area contributed by atoms with Crippen molar-refractivity contribution < 1.29 is 19.7 Å². The van der Waals surface area contributed by atoms with Crippen LogP contribution in [0.15, 0.2) is 66.7 Å². The second-order valence-electron chi connectivity index (χ2n) is 5.88. The van der Waals surface area contributed by atoms with Gasteiger partial charge in [-0.15, -0.1) is 0 Å². The second kappa shape index (κ2) is 6.34. The molecule has 0 aliphatic rings. The van der Waals surface area contributed by atoms with E-state index in [1.165, 1.54) is 12.3 Å². The fraction of sp³-hybridized carbons (Fsp3) is 0.150. The van der Waals surface area contributed by atoms with Crippen molar-refractivity contribution in [1.82, 2.24) is 0 Å². The van der Waals surface area contributed by atoms with E-state index in [4.69, 9.17) is 9.84 Å². The maximum atomic E-state index is 11.1. The molecule has 24 heavy (non-hydrogen) atoms. The number of hydrogen-bond donors (Lipinski definition) is 2. The van der Waals surface area contributed by atoms with E-state index in [0.717, 1.165) is 10.9 Å².